The average Bonchev–Trinajstić information content (AvgIpc) is 2.83. The second-order valence-corrected chi connectivity index (χ2v) is 5.82. The monoisotopic (exact) mass is 254 g/mol. The van der Waals surface area contributed by atoms with E-state index in [-0.39, 0.29) is 11.7 Å². The van der Waals surface area contributed by atoms with Crippen molar-refractivity contribution in [3.05, 3.63) is 11.6 Å². The molecule has 4 nitrogen and oxygen atoms in total. The quantitative estimate of drug-likeness (QED) is 0.731. The molecular formula is C14H22O4. The smallest absolute Gasteiger partial charge is 0.158 e. The van der Waals surface area contributed by atoms with Crippen molar-refractivity contribution in [3.8, 4) is 0 Å². The molecule has 0 aromatic carbocycles. The first-order chi connectivity index (χ1) is 8.70. The maximum absolute atomic E-state index is 9.98. The standard InChI is InChI=1S/C14H22O4/c15-11-7-10-3-1-2-4-14(10,8-12(11)16)9-13-17-5-6-18-13/h7,11-13,15-16H,1-6,8-9H2/t11?,12?,14-/m0/s1. The van der Waals surface area contributed by atoms with Crippen LogP contribution in [0, 0.1) is 5.41 Å². The lowest BCUT2D eigenvalue weighted by molar-refractivity contribution is -0.0866. The second-order valence-electron chi connectivity index (χ2n) is 5.82. The van der Waals surface area contributed by atoms with Crippen LogP contribution in [-0.2, 0) is 9.47 Å². The first kappa shape index (κ1) is 12.6. The topological polar surface area (TPSA) is 58.9 Å². The summed E-state index contributed by atoms with van der Waals surface area (Å²) in [7, 11) is 0. The maximum Gasteiger partial charge on any atom is 0.158 e. The number of hydrogen-bond donors (Lipinski definition) is 2. The molecule has 2 unspecified atom stereocenters. The van der Waals surface area contributed by atoms with Crippen molar-refractivity contribution in [2.24, 2.45) is 5.41 Å². The highest BCUT2D eigenvalue weighted by Gasteiger charge is 2.44. The summed E-state index contributed by atoms with van der Waals surface area (Å²) in [5.74, 6) is 0. The zero-order valence-corrected chi connectivity index (χ0v) is 10.7. The molecule has 2 aliphatic carbocycles. The Morgan fingerprint density at radius 1 is 1.22 bits per heavy atom. The van der Waals surface area contributed by atoms with Crippen molar-refractivity contribution in [1.82, 2.24) is 0 Å². The Labute approximate surface area is 108 Å². The molecule has 1 saturated carbocycles. The number of allylic oxidation sites excluding steroid dienone is 1. The molecule has 0 aromatic heterocycles. The number of aliphatic hydroxyl groups is 2. The third-order valence-corrected chi connectivity index (χ3v) is 4.65. The molecule has 18 heavy (non-hydrogen) atoms. The van der Waals surface area contributed by atoms with Crippen molar-refractivity contribution < 1.29 is 19.7 Å². The van der Waals surface area contributed by atoms with Gasteiger partial charge in [-0.3, -0.25) is 0 Å². The molecule has 2 fully saturated rings. The number of fused-ring (bicyclic) bond motifs is 1. The van der Waals surface area contributed by atoms with E-state index in [1.807, 2.05) is 6.08 Å². The van der Waals surface area contributed by atoms with E-state index in [0.717, 1.165) is 19.3 Å². The molecule has 0 amide bonds. The third-order valence-electron chi connectivity index (χ3n) is 4.65. The molecule has 1 aliphatic heterocycles. The largest absolute Gasteiger partial charge is 0.390 e. The van der Waals surface area contributed by atoms with Gasteiger partial charge < -0.3 is 19.7 Å². The Kier molecular flexibility index (Phi) is 3.45. The fraction of sp³-hybridized carbons (Fsp3) is 0.857. The fourth-order valence-corrected chi connectivity index (χ4v) is 3.70. The van der Waals surface area contributed by atoms with E-state index in [1.165, 1.54) is 18.4 Å². The Hall–Kier alpha value is -0.420. The first-order valence-corrected chi connectivity index (χ1v) is 7.00. The summed E-state index contributed by atoms with van der Waals surface area (Å²) in [6.07, 6.45) is 6.35. The number of rotatable bonds is 2. The summed E-state index contributed by atoms with van der Waals surface area (Å²) in [4.78, 5) is 0. The number of hydrogen-bond acceptors (Lipinski definition) is 4. The van der Waals surface area contributed by atoms with Crippen LogP contribution in [-0.4, -0.2) is 41.9 Å². The van der Waals surface area contributed by atoms with Gasteiger partial charge in [0.25, 0.3) is 0 Å². The van der Waals surface area contributed by atoms with Crippen LogP contribution in [0.5, 0.6) is 0 Å². The molecule has 0 spiro atoms. The molecule has 3 aliphatic rings. The van der Waals surface area contributed by atoms with Crippen LogP contribution in [0.25, 0.3) is 0 Å². The lowest BCUT2D eigenvalue weighted by Gasteiger charge is -2.46. The highest BCUT2D eigenvalue weighted by atomic mass is 16.7. The van der Waals surface area contributed by atoms with Crippen molar-refractivity contribution in [2.75, 3.05) is 13.2 Å². The molecule has 0 radical (unpaired) electrons. The highest BCUT2D eigenvalue weighted by molar-refractivity contribution is 5.24. The van der Waals surface area contributed by atoms with E-state index < -0.39 is 12.2 Å². The molecule has 102 valence electrons. The third kappa shape index (κ3) is 2.23. The molecule has 0 bridgehead atoms. The summed E-state index contributed by atoms with van der Waals surface area (Å²) < 4.78 is 11.1. The number of aliphatic hydroxyl groups excluding tert-OH is 2. The zero-order valence-electron chi connectivity index (χ0n) is 10.7. The molecule has 2 N–H and O–H groups in total. The SMILES string of the molecule is OC1C=C2CCCC[C@@]2(CC2OCCO2)CC1O. The molecular weight excluding hydrogens is 232 g/mol. The summed E-state index contributed by atoms with van der Waals surface area (Å²) >= 11 is 0. The summed E-state index contributed by atoms with van der Waals surface area (Å²) in [6, 6.07) is 0. The van der Waals surface area contributed by atoms with Gasteiger partial charge in [-0.1, -0.05) is 18.1 Å². The molecule has 4 heteroatoms. The van der Waals surface area contributed by atoms with Crippen LogP contribution in [0.1, 0.15) is 38.5 Å². The van der Waals surface area contributed by atoms with Crippen molar-refractivity contribution in [3.63, 3.8) is 0 Å². The minimum Gasteiger partial charge on any atom is -0.390 e. The summed E-state index contributed by atoms with van der Waals surface area (Å²) in [6.45, 7) is 1.34. The van der Waals surface area contributed by atoms with Crippen LogP contribution >= 0.6 is 0 Å². The lowest BCUT2D eigenvalue weighted by atomic mass is 9.62. The van der Waals surface area contributed by atoms with E-state index >= 15 is 0 Å². The molecule has 0 aromatic rings. The number of ether oxygens (including phenoxy) is 2. The van der Waals surface area contributed by atoms with Gasteiger partial charge in [0.05, 0.1) is 25.4 Å². The zero-order chi connectivity index (χ0) is 12.6. The van der Waals surface area contributed by atoms with Gasteiger partial charge in [0, 0.05) is 6.42 Å². The van der Waals surface area contributed by atoms with Gasteiger partial charge in [-0.2, -0.15) is 0 Å². The van der Waals surface area contributed by atoms with Gasteiger partial charge in [0.2, 0.25) is 0 Å². The minimum absolute atomic E-state index is 0.00803. The Morgan fingerprint density at radius 3 is 2.78 bits per heavy atom. The first-order valence-electron chi connectivity index (χ1n) is 7.00. The van der Waals surface area contributed by atoms with E-state index in [2.05, 4.69) is 0 Å². The maximum atomic E-state index is 9.98. The van der Waals surface area contributed by atoms with Crippen molar-refractivity contribution >= 4 is 0 Å². The van der Waals surface area contributed by atoms with Crippen LogP contribution in [0.15, 0.2) is 11.6 Å². The van der Waals surface area contributed by atoms with Gasteiger partial charge in [0.1, 0.15) is 0 Å². The summed E-state index contributed by atoms with van der Waals surface area (Å²) in [5.41, 5.74) is 1.30. The fourth-order valence-electron chi connectivity index (χ4n) is 3.70. The van der Waals surface area contributed by atoms with E-state index in [4.69, 9.17) is 9.47 Å². The van der Waals surface area contributed by atoms with E-state index in [9.17, 15) is 10.2 Å². The minimum atomic E-state index is -0.698. The predicted molar refractivity (Wildman–Crippen MR) is 65.9 cm³/mol. The highest BCUT2D eigenvalue weighted by Crippen LogP contribution is 2.51. The lowest BCUT2D eigenvalue weighted by Crippen LogP contribution is -2.42. The molecule has 1 saturated heterocycles. The van der Waals surface area contributed by atoms with Gasteiger partial charge in [0.15, 0.2) is 6.29 Å². The van der Waals surface area contributed by atoms with Crippen molar-refractivity contribution in [2.45, 2.75) is 57.0 Å². The predicted octanol–water partition coefficient (Wildman–Crippen LogP) is 1.36. The van der Waals surface area contributed by atoms with Gasteiger partial charge >= 0.3 is 0 Å². The van der Waals surface area contributed by atoms with Crippen molar-refractivity contribution in [1.29, 1.82) is 0 Å². The Balaban J connectivity index is 1.82. The van der Waals surface area contributed by atoms with Crippen LogP contribution in [0.4, 0.5) is 0 Å². The van der Waals surface area contributed by atoms with Gasteiger partial charge in [-0.05, 0) is 31.1 Å². The molecule has 1 heterocycles. The van der Waals surface area contributed by atoms with Crippen LogP contribution < -0.4 is 0 Å². The van der Waals surface area contributed by atoms with Gasteiger partial charge in [-0.15, -0.1) is 0 Å². The van der Waals surface area contributed by atoms with E-state index in [1.54, 1.807) is 0 Å². The average molecular weight is 254 g/mol. The van der Waals surface area contributed by atoms with Crippen LogP contribution in [0.2, 0.25) is 0 Å². The molecule has 3 atom stereocenters. The normalized spacial score (nSPS) is 41.6. The van der Waals surface area contributed by atoms with E-state index in [0.29, 0.717) is 19.6 Å². The molecule has 3 rings (SSSR count). The summed E-state index contributed by atoms with van der Waals surface area (Å²) in [5, 5.41) is 19.8. The Bertz CT molecular complexity index is 335. The second kappa shape index (κ2) is 4.93. The van der Waals surface area contributed by atoms with Gasteiger partial charge in [-0.25, -0.2) is 0 Å². The van der Waals surface area contributed by atoms with Crippen LogP contribution in [0.3, 0.4) is 0 Å². The Morgan fingerprint density at radius 2 is 2.00 bits per heavy atom.